The molecule has 2 aliphatic heterocycles. The van der Waals surface area contributed by atoms with Crippen molar-refractivity contribution < 1.29 is 4.79 Å². The van der Waals surface area contributed by atoms with Crippen LogP contribution >= 0.6 is 12.2 Å². The standard InChI is InChI=1S/C24H30N4OS/c1-17-7-10-20(16-22(17)28-15-5-6-23(28)29)26-24(30)25-18(2)19-8-11-21(12-9-19)27-13-3-4-14-27/h7-12,16,18H,3-6,13-15H2,1-2H3,(H2,25,26,30)/t18-/m0/s1. The average Bonchev–Trinajstić information content (AvgIpc) is 3.41. The number of carbonyl (C=O) groups is 1. The first kappa shape index (κ1) is 20.7. The number of hydrogen-bond donors (Lipinski definition) is 2. The first-order chi connectivity index (χ1) is 14.5. The molecule has 2 fully saturated rings. The minimum atomic E-state index is 0.0997. The van der Waals surface area contributed by atoms with E-state index in [0.717, 1.165) is 43.0 Å². The van der Waals surface area contributed by atoms with Gasteiger partial charge in [-0.2, -0.15) is 0 Å². The van der Waals surface area contributed by atoms with E-state index >= 15 is 0 Å². The van der Waals surface area contributed by atoms with Crippen molar-refractivity contribution >= 4 is 40.3 Å². The van der Waals surface area contributed by atoms with Crippen molar-refractivity contribution in [3.63, 3.8) is 0 Å². The van der Waals surface area contributed by atoms with Gasteiger partial charge in [-0.05, 0) is 80.7 Å². The largest absolute Gasteiger partial charge is 0.372 e. The molecule has 2 aromatic rings. The molecule has 2 saturated heterocycles. The van der Waals surface area contributed by atoms with Gasteiger partial charge in [-0.25, -0.2) is 0 Å². The van der Waals surface area contributed by atoms with E-state index in [2.05, 4.69) is 46.7 Å². The second-order valence-electron chi connectivity index (χ2n) is 8.26. The Morgan fingerprint density at radius 3 is 2.43 bits per heavy atom. The van der Waals surface area contributed by atoms with Crippen LogP contribution < -0.4 is 20.4 Å². The third kappa shape index (κ3) is 4.59. The maximum atomic E-state index is 12.1. The predicted octanol–water partition coefficient (Wildman–Crippen LogP) is 4.77. The normalized spacial score (nSPS) is 17.3. The number of carbonyl (C=O) groups excluding carboxylic acids is 1. The van der Waals surface area contributed by atoms with Crippen LogP contribution in [-0.2, 0) is 4.79 Å². The summed E-state index contributed by atoms with van der Waals surface area (Å²) in [5, 5.41) is 7.23. The molecule has 158 valence electrons. The first-order valence-electron chi connectivity index (χ1n) is 10.8. The van der Waals surface area contributed by atoms with E-state index in [1.807, 2.05) is 30.0 Å². The number of amides is 1. The Morgan fingerprint density at radius 1 is 1.03 bits per heavy atom. The minimum Gasteiger partial charge on any atom is -0.372 e. The molecule has 0 aromatic heterocycles. The second kappa shape index (κ2) is 9.04. The van der Waals surface area contributed by atoms with Crippen molar-refractivity contribution in [3.8, 4) is 0 Å². The van der Waals surface area contributed by atoms with Crippen LogP contribution in [0.2, 0.25) is 0 Å². The summed E-state index contributed by atoms with van der Waals surface area (Å²) in [6, 6.07) is 14.9. The lowest BCUT2D eigenvalue weighted by atomic mass is 10.1. The highest BCUT2D eigenvalue weighted by Crippen LogP contribution is 2.28. The highest BCUT2D eigenvalue weighted by molar-refractivity contribution is 7.80. The molecule has 30 heavy (non-hydrogen) atoms. The van der Waals surface area contributed by atoms with Crippen LogP contribution in [0.15, 0.2) is 42.5 Å². The third-order valence-corrected chi connectivity index (χ3v) is 6.26. The van der Waals surface area contributed by atoms with Crippen molar-refractivity contribution in [3.05, 3.63) is 53.6 Å². The smallest absolute Gasteiger partial charge is 0.227 e. The Morgan fingerprint density at radius 2 is 1.77 bits per heavy atom. The van der Waals surface area contributed by atoms with Gasteiger partial charge in [0.25, 0.3) is 0 Å². The summed E-state index contributed by atoms with van der Waals surface area (Å²) in [5.74, 6) is 0.196. The lowest BCUT2D eigenvalue weighted by Crippen LogP contribution is -2.31. The lowest BCUT2D eigenvalue weighted by molar-refractivity contribution is -0.117. The molecule has 0 bridgehead atoms. The maximum absolute atomic E-state index is 12.1. The van der Waals surface area contributed by atoms with Gasteiger partial charge in [-0.15, -0.1) is 0 Å². The molecule has 0 unspecified atom stereocenters. The number of anilines is 3. The van der Waals surface area contributed by atoms with E-state index in [1.54, 1.807) is 0 Å². The summed E-state index contributed by atoms with van der Waals surface area (Å²) in [6.07, 6.45) is 4.12. The molecule has 0 saturated carbocycles. The van der Waals surface area contributed by atoms with Crippen molar-refractivity contribution in [2.45, 2.75) is 45.6 Å². The zero-order chi connectivity index (χ0) is 21.1. The number of nitrogens with one attached hydrogen (secondary N) is 2. The summed E-state index contributed by atoms with van der Waals surface area (Å²) in [7, 11) is 0. The zero-order valence-corrected chi connectivity index (χ0v) is 18.6. The molecule has 1 amide bonds. The molecule has 0 spiro atoms. The predicted molar refractivity (Wildman–Crippen MR) is 128 cm³/mol. The van der Waals surface area contributed by atoms with Gasteiger partial charge >= 0.3 is 0 Å². The molecule has 1 atom stereocenters. The summed E-state index contributed by atoms with van der Waals surface area (Å²) < 4.78 is 0. The van der Waals surface area contributed by atoms with Crippen molar-refractivity contribution in [2.75, 3.05) is 34.8 Å². The minimum absolute atomic E-state index is 0.0997. The Bertz CT molecular complexity index is 921. The van der Waals surface area contributed by atoms with E-state index in [1.165, 1.54) is 24.1 Å². The van der Waals surface area contributed by atoms with E-state index in [4.69, 9.17) is 12.2 Å². The van der Waals surface area contributed by atoms with E-state index in [9.17, 15) is 4.79 Å². The SMILES string of the molecule is Cc1ccc(NC(=S)N[C@@H](C)c2ccc(N3CCCC3)cc2)cc1N1CCCC1=O. The summed E-state index contributed by atoms with van der Waals surface area (Å²) in [6.45, 7) is 7.25. The van der Waals surface area contributed by atoms with E-state index in [0.29, 0.717) is 11.5 Å². The number of thiocarbonyl (C=S) groups is 1. The second-order valence-corrected chi connectivity index (χ2v) is 8.66. The fourth-order valence-corrected chi connectivity index (χ4v) is 4.57. The van der Waals surface area contributed by atoms with Gasteiger partial charge in [0.15, 0.2) is 5.11 Å². The average molecular weight is 423 g/mol. The highest BCUT2D eigenvalue weighted by atomic mass is 32.1. The van der Waals surface area contributed by atoms with Gasteiger partial charge < -0.3 is 20.4 Å². The molecule has 2 N–H and O–H groups in total. The molecule has 6 heteroatoms. The number of aryl methyl sites for hydroxylation is 1. The summed E-state index contributed by atoms with van der Waals surface area (Å²) in [4.78, 5) is 16.5. The van der Waals surface area contributed by atoms with Gasteiger partial charge in [0.1, 0.15) is 0 Å². The maximum Gasteiger partial charge on any atom is 0.227 e. The van der Waals surface area contributed by atoms with Gasteiger partial charge in [0, 0.05) is 43.1 Å². The zero-order valence-electron chi connectivity index (χ0n) is 17.8. The monoisotopic (exact) mass is 422 g/mol. The van der Waals surface area contributed by atoms with Crippen LogP contribution in [0.5, 0.6) is 0 Å². The fraction of sp³-hybridized carbons (Fsp3) is 0.417. The van der Waals surface area contributed by atoms with Crippen molar-refractivity contribution in [1.82, 2.24) is 5.32 Å². The number of benzene rings is 2. The third-order valence-electron chi connectivity index (χ3n) is 6.04. The molecule has 5 nitrogen and oxygen atoms in total. The molecule has 0 radical (unpaired) electrons. The lowest BCUT2D eigenvalue weighted by Gasteiger charge is -2.22. The van der Waals surface area contributed by atoms with Gasteiger partial charge in [0.2, 0.25) is 5.91 Å². The van der Waals surface area contributed by atoms with Crippen LogP contribution in [0.3, 0.4) is 0 Å². The molecular weight excluding hydrogens is 392 g/mol. The molecule has 2 aliphatic rings. The molecule has 2 heterocycles. The molecule has 0 aliphatic carbocycles. The molecular formula is C24H30N4OS. The fourth-order valence-electron chi connectivity index (χ4n) is 4.28. The Hall–Kier alpha value is -2.60. The number of nitrogens with zero attached hydrogens (tertiary/aromatic N) is 2. The van der Waals surface area contributed by atoms with Gasteiger partial charge in [-0.3, -0.25) is 4.79 Å². The quantitative estimate of drug-likeness (QED) is 0.680. The number of rotatable bonds is 5. The Kier molecular flexibility index (Phi) is 6.23. The molecule has 2 aromatic carbocycles. The summed E-state index contributed by atoms with van der Waals surface area (Å²) in [5.41, 5.74) is 5.46. The Balaban J connectivity index is 1.37. The van der Waals surface area contributed by atoms with Crippen LogP contribution in [-0.4, -0.2) is 30.7 Å². The van der Waals surface area contributed by atoms with Crippen molar-refractivity contribution in [2.24, 2.45) is 0 Å². The Labute approximate surface area is 184 Å². The summed E-state index contributed by atoms with van der Waals surface area (Å²) >= 11 is 5.55. The van der Waals surface area contributed by atoms with Crippen LogP contribution in [0.25, 0.3) is 0 Å². The number of hydrogen-bond acceptors (Lipinski definition) is 3. The van der Waals surface area contributed by atoms with Crippen LogP contribution in [0, 0.1) is 6.92 Å². The van der Waals surface area contributed by atoms with Crippen LogP contribution in [0.4, 0.5) is 17.1 Å². The van der Waals surface area contributed by atoms with E-state index < -0.39 is 0 Å². The molecule has 4 rings (SSSR count). The van der Waals surface area contributed by atoms with Crippen LogP contribution in [0.1, 0.15) is 49.8 Å². The van der Waals surface area contributed by atoms with E-state index in [-0.39, 0.29) is 11.9 Å². The van der Waals surface area contributed by atoms with Crippen molar-refractivity contribution in [1.29, 1.82) is 0 Å². The highest BCUT2D eigenvalue weighted by Gasteiger charge is 2.23. The van der Waals surface area contributed by atoms with Gasteiger partial charge in [-0.1, -0.05) is 18.2 Å². The van der Waals surface area contributed by atoms with Gasteiger partial charge in [0.05, 0.1) is 6.04 Å². The first-order valence-corrected chi connectivity index (χ1v) is 11.3. The topological polar surface area (TPSA) is 47.6 Å².